The highest BCUT2D eigenvalue weighted by Gasteiger charge is 2.09. The summed E-state index contributed by atoms with van der Waals surface area (Å²) in [6, 6.07) is 5.71. The second-order valence-corrected chi connectivity index (χ2v) is 2.33. The average molecular weight is 191 g/mol. The summed E-state index contributed by atoms with van der Waals surface area (Å²) in [6.45, 7) is 0. The minimum Gasteiger partial charge on any atom is -0.472 e. The van der Waals surface area contributed by atoms with Gasteiger partial charge in [0, 0.05) is 12.0 Å². The van der Waals surface area contributed by atoms with Gasteiger partial charge in [-0.05, 0) is 12.0 Å². The first-order valence-corrected chi connectivity index (χ1v) is 3.59. The molecule has 0 aliphatic carbocycles. The van der Waals surface area contributed by atoms with Crippen LogP contribution in [0.1, 0.15) is 5.56 Å². The van der Waals surface area contributed by atoms with Gasteiger partial charge in [-0.2, -0.15) is 0 Å². The first kappa shape index (κ1) is 9.74. The molecule has 0 bridgehead atoms. The summed E-state index contributed by atoms with van der Waals surface area (Å²) in [5.41, 5.74) is -0.0962. The fraction of sp³-hybridized carbons (Fsp3) is 0. The van der Waals surface area contributed by atoms with Crippen LogP contribution in [-0.2, 0) is 4.79 Å². The van der Waals surface area contributed by atoms with Crippen molar-refractivity contribution < 1.29 is 14.8 Å². The highest BCUT2D eigenvalue weighted by atomic mass is 16.6. The molecule has 0 aromatic heterocycles. The molecule has 0 amide bonds. The van der Waals surface area contributed by atoms with Crippen LogP contribution in [-0.4, -0.2) is 16.0 Å². The van der Waals surface area contributed by atoms with E-state index in [9.17, 15) is 14.9 Å². The van der Waals surface area contributed by atoms with Crippen LogP contribution in [0.15, 0.2) is 24.3 Å². The summed E-state index contributed by atoms with van der Waals surface area (Å²) < 4.78 is 0. The van der Waals surface area contributed by atoms with Crippen molar-refractivity contribution in [1.29, 1.82) is 0 Å². The first-order chi connectivity index (χ1) is 6.61. The van der Waals surface area contributed by atoms with Crippen molar-refractivity contribution in [3.63, 3.8) is 0 Å². The second-order valence-electron chi connectivity index (χ2n) is 2.33. The maximum Gasteiger partial charge on any atom is 0.382 e. The highest BCUT2D eigenvalue weighted by Crippen LogP contribution is 2.15. The zero-order chi connectivity index (χ0) is 10.6. The number of aliphatic carboxylic acids is 1. The standard InChI is InChI=1S/C9H5NO4/c11-9(12)6-5-7-3-1-2-4-8(7)10(13)14/h1-4H,(H,11,12). The molecule has 5 nitrogen and oxygen atoms in total. The number of para-hydroxylation sites is 1. The molecule has 1 aromatic rings. The third-order valence-electron chi connectivity index (χ3n) is 1.40. The predicted molar refractivity (Wildman–Crippen MR) is 47.6 cm³/mol. The fourth-order valence-corrected chi connectivity index (χ4v) is 0.859. The van der Waals surface area contributed by atoms with Crippen molar-refractivity contribution >= 4 is 11.7 Å². The van der Waals surface area contributed by atoms with Crippen LogP contribution >= 0.6 is 0 Å². The number of carboxylic acids is 1. The number of hydrogen-bond acceptors (Lipinski definition) is 3. The van der Waals surface area contributed by atoms with Crippen LogP contribution in [0.5, 0.6) is 0 Å². The number of rotatable bonds is 1. The molecule has 0 atom stereocenters. The minimum atomic E-state index is -1.32. The molecule has 1 N–H and O–H groups in total. The topological polar surface area (TPSA) is 80.4 Å². The quantitative estimate of drug-likeness (QED) is 0.408. The number of carboxylic acid groups (broad SMARTS) is 1. The van der Waals surface area contributed by atoms with Gasteiger partial charge in [-0.3, -0.25) is 10.1 Å². The van der Waals surface area contributed by atoms with Gasteiger partial charge in [-0.25, -0.2) is 4.79 Å². The summed E-state index contributed by atoms with van der Waals surface area (Å²) in [6.07, 6.45) is 0. The van der Waals surface area contributed by atoms with Crippen molar-refractivity contribution in [2.75, 3.05) is 0 Å². The first-order valence-electron chi connectivity index (χ1n) is 3.59. The molecule has 0 saturated heterocycles. The number of hydrogen-bond donors (Lipinski definition) is 1. The van der Waals surface area contributed by atoms with Crippen LogP contribution < -0.4 is 0 Å². The van der Waals surface area contributed by atoms with Gasteiger partial charge < -0.3 is 5.11 Å². The molecule has 1 rings (SSSR count). The molecule has 0 aliphatic heterocycles. The second kappa shape index (κ2) is 4.05. The van der Waals surface area contributed by atoms with Gasteiger partial charge in [0.05, 0.1) is 4.92 Å². The van der Waals surface area contributed by atoms with Crippen molar-refractivity contribution in [2.45, 2.75) is 0 Å². The summed E-state index contributed by atoms with van der Waals surface area (Å²) in [7, 11) is 0. The molecule has 0 radical (unpaired) electrons. The maximum absolute atomic E-state index is 10.5. The number of benzene rings is 1. The maximum atomic E-state index is 10.5. The van der Waals surface area contributed by atoms with Crippen molar-refractivity contribution in [3.8, 4) is 11.8 Å². The van der Waals surface area contributed by atoms with E-state index >= 15 is 0 Å². The third-order valence-corrected chi connectivity index (χ3v) is 1.40. The number of nitrogens with zero attached hydrogens (tertiary/aromatic N) is 1. The summed E-state index contributed by atoms with van der Waals surface area (Å²) in [5.74, 6) is 2.71. The summed E-state index contributed by atoms with van der Waals surface area (Å²) in [4.78, 5) is 20.0. The van der Waals surface area contributed by atoms with E-state index in [4.69, 9.17) is 5.11 Å². The van der Waals surface area contributed by atoms with Crippen LogP contribution in [0.25, 0.3) is 0 Å². The van der Waals surface area contributed by atoms with Crippen LogP contribution in [0.4, 0.5) is 5.69 Å². The zero-order valence-corrected chi connectivity index (χ0v) is 6.93. The number of carbonyl (C=O) groups is 1. The summed E-state index contributed by atoms with van der Waals surface area (Å²) >= 11 is 0. The van der Waals surface area contributed by atoms with E-state index in [1.165, 1.54) is 18.2 Å². The molecule has 14 heavy (non-hydrogen) atoms. The molecule has 0 aliphatic rings. The Kier molecular flexibility index (Phi) is 2.82. The Morgan fingerprint density at radius 1 is 1.43 bits per heavy atom. The lowest BCUT2D eigenvalue weighted by Crippen LogP contribution is -1.92. The van der Waals surface area contributed by atoms with Gasteiger partial charge in [-0.15, -0.1) is 0 Å². The smallest absolute Gasteiger partial charge is 0.382 e. The Morgan fingerprint density at radius 2 is 2.07 bits per heavy atom. The Labute approximate surface area is 79.1 Å². The van der Waals surface area contributed by atoms with Crippen LogP contribution in [0, 0.1) is 22.0 Å². The van der Waals surface area contributed by atoms with Crippen molar-refractivity contribution in [2.24, 2.45) is 0 Å². The van der Waals surface area contributed by atoms with Crippen molar-refractivity contribution in [3.05, 3.63) is 39.9 Å². The lowest BCUT2D eigenvalue weighted by molar-refractivity contribution is -0.385. The average Bonchev–Trinajstić information content (AvgIpc) is 2.15. The van der Waals surface area contributed by atoms with Gasteiger partial charge in [0.2, 0.25) is 0 Å². The van der Waals surface area contributed by atoms with E-state index in [1.54, 1.807) is 6.07 Å². The monoisotopic (exact) mass is 191 g/mol. The van der Waals surface area contributed by atoms with E-state index in [2.05, 4.69) is 5.92 Å². The number of nitro benzene ring substituents is 1. The minimum absolute atomic E-state index is 0.0971. The lowest BCUT2D eigenvalue weighted by atomic mass is 10.2. The molecule has 0 unspecified atom stereocenters. The molecule has 70 valence electrons. The predicted octanol–water partition coefficient (Wildman–Crippen LogP) is 1.03. The molecular weight excluding hydrogens is 186 g/mol. The van der Waals surface area contributed by atoms with E-state index in [0.29, 0.717) is 0 Å². The molecule has 0 spiro atoms. The van der Waals surface area contributed by atoms with Crippen molar-refractivity contribution in [1.82, 2.24) is 0 Å². The molecule has 1 aromatic carbocycles. The largest absolute Gasteiger partial charge is 0.472 e. The molecular formula is C9H5NO4. The SMILES string of the molecule is O=C(O)C#Cc1ccccc1[N+](=O)[O-]. The Bertz CT molecular complexity index is 442. The normalized spacial score (nSPS) is 8.57. The highest BCUT2D eigenvalue weighted by molar-refractivity contribution is 5.87. The van der Waals surface area contributed by atoms with Crippen LogP contribution in [0.2, 0.25) is 0 Å². The zero-order valence-electron chi connectivity index (χ0n) is 6.93. The Hall–Kier alpha value is -2.35. The van der Waals surface area contributed by atoms with Gasteiger partial charge in [0.1, 0.15) is 5.56 Å². The summed E-state index contributed by atoms with van der Waals surface area (Å²) in [5, 5.41) is 18.7. The van der Waals surface area contributed by atoms with Gasteiger partial charge in [0.15, 0.2) is 0 Å². The third kappa shape index (κ3) is 2.32. The van der Waals surface area contributed by atoms with Gasteiger partial charge in [0.25, 0.3) is 5.69 Å². The van der Waals surface area contributed by atoms with Crippen LogP contribution in [0.3, 0.4) is 0 Å². The molecule has 0 fully saturated rings. The molecule has 0 heterocycles. The van der Waals surface area contributed by atoms with Gasteiger partial charge >= 0.3 is 5.97 Å². The Balaban J connectivity index is 3.16. The van der Waals surface area contributed by atoms with E-state index in [1.807, 2.05) is 5.92 Å². The lowest BCUT2D eigenvalue weighted by Gasteiger charge is -1.92. The van der Waals surface area contributed by atoms with Gasteiger partial charge in [-0.1, -0.05) is 12.1 Å². The molecule has 0 saturated carbocycles. The van der Waals surface area contributed by atoms with E-state index in [-0.39, 0.29) is 11.3 Å². The molecule has 5 heteroatoms. The van der Waals surface area contributed by atoms with E-state index in [0.717, 1.165) is 0 Å². The van der Waals surface area contributed by atoms with E-state index < -0.39 is 10.9 Å². The number of nitro groups is 1. The fourth-order valence-electron chi connectivity index (χ4n) is 0.859. The Morgan fingerprint density at radius 3 is 2.64 bits per heavy atom.